The summed E-state index contributed by atoms with van der Waals surface area (Å²) in [7, 11) is 0. The Kier molecular flexibility index (Phi) is 5.00. The summed E-state index contributed by atoms with van der Waals surface area (Å²) in [4.78, 5) is 5.20. The molecule has 1 aromatic carbocycles. The van der Waals surface area contributed by atoms with Crippen LogP contribution in [0.1, 0.15) is 5.56 Å². The Labute approximate surface area is 150 Å². The lowest BCUT2D eigenvalue weighted by Gasteiger charge is -2.35. The summed E-state index contributed by atoms with van der Waals surface area (Å²) in [5.41, 5.74) is 1.11. The fraction of sp³-hybridized carbons (Fsp3) is 0.684. The molecule has 24 heavy (non-hydrogen) atoms. The lowest BCUT2D eigenvalue weighted by atomic mass is 10.2. The Bertz CT molecular complexity index is 564. The van der Waals surface area contributed by atoms with E-state index in [1.807, 2.05) is 25.1 Å². The van der Waals surface area contributed by atoms with E-state index in [1.54, 1.807) is 0 Å². The van der Waals surface area contributed by atoms with Crippen LogP contribution >= 0.6 is 11.6 Å². The van der Waals surface area contributed by atoms with Crippen LogP contribution in [0.3, 0.4) is 0 Å². The fourth-order valence-corrected chi connectivity index (χ4v) is 4.60. The molecule has 3 aliphatic rings. The third kappa shape index (κ3) is 3.72. The van der Waals surface area contributed by atoms with Crippen molar-refractivity contribution in [1.29, 1.82) is 0 Å². The van der Waals surface area contributed by atoms with Crippen molar-refractivity contribution < 1.29 is 4.74 Å². The van der Waals surface area contributed by atoms with Crippen LogP contribution in [0, 0.1) is 24.7 Å². The highest BCUT2D eigenvalue weighted by Crippen LogP contribution is 2.48. The number of benzene rings is 1. The van der Waals surface area contributed by atoms with E-state index in [2.05, 4.69) is 15.1 Å². The van der Waals surface area contributed by atoms with Gasteiger partial charge in [0, 0.05) is 44.3 Å². The van der Waals surface area contributed by atoms with Crippen LogP contribution in [-0.4, -0.2) is 68.8 Å². The van der Waals surface area contributed by atoms with E-state index in [0.29, 0.717) is 0 Å². The monoisotopic (exact) mass is 349 g/mol. The Balaban J connectivity index is 1.14. The number of nitrogens with one attached hydrogen (secondary N) is 1. The first-order chi connectivity index (χ1) is 11.7. The minimum Gasteiger partial charge on any atom is -0.492 e. The van der Waals surface area contributed by atoms with Crippen LogP contribution in [0.25, 0.3) is 0 Å². The Morgan fingerprint density at radius 1 is 1.12 bits per heavy atom. The van der Waals surface area contributed by atoms with Crippen molar-refractivity contribution in [3.05, 3.63) is 28.8 Å². The average molecular weight is 350 g/mol. The zero-order valence-corrected chi connectivity index (χ0v) is 15.3. The molecule has 4 rings (SSSR count). The van der Waals surface area contributed by atoms with Crippen molar-refractivity contribution in [1.82, 2.24) is 15.1 Å². The number of rotatable bonds is 6. The summed E-state index contributed by atoms with van der Waals surface area (Å²) < 4.78 is 5.93. The zero-order chi connectivity index (χ0) is 16.5. The number of hydrogen-bond donors (Lipinski definition) is 1. The van der Waals surface area contributed by atoms with E-state index in [-0.39, 0.29) is 0 Å². The van der Waals surface area contributed by atoms with Crippen molar-refractivity contribution >= 4 is 11.6 Å². The highest BCUT2D eigenvalue weighted by Gasteiger charge is 2.52. The van der Waals surface area contributed by atoms with Crippen LogP contribution in [0.5, 0.6) is 5.75 Å². The standard InChI is InChI=1S/C19H28ClN3O/c1-14-10-15(20)2-3-19(14)24-9-8-22-4-6-23(7-5-22)13-18-16-11-21-12-17(16)18/h2-3,10,16-18,21H,4-9,11-13H2,1H3/t16-,17+,18?. The SMILES string of the molecule is Cc1cc(Cl)ccc1OCCN1CCN(CC2[C@H]3CNC[C@@H]23)CC1. The highest BCUT2D eigenvalue weighted by atomic mass is 35.5. The third-order valence-electron chi connectivity index (χ3n) is 6.01. The molecule has 1 saturated carbocycles. The number of aryl methyl sites for hydroxylation is 1. The van der Waals surface area contributed by atoms with E-state index in [4.69, 9.17) is 16.3 Å². The topological polar surface area (TPSA) is 27.7 Å². The maximum Gasteiger partial charge on any atom is 0.122 e. The quantitative estimate of drug-likeness (QED) is 0.851. The molecule has 2 heterocycles. The van der Waals surface area contributed by atoms with Gasteiger partial charge in [-0.1, -0.05) is 11.6 Å². The Morgan fingerprint density at radius 3 is 2.54 bits per heavy atom. The molecule has 5 heteroatoms. The van der Waals surface area contributed by atoms with Crippen LogP contribution in [0.15, 0.2) is 18.2 Å². The predicted octanol–water partition coefficient (Wildman–Crippen LogP) is 2.11. The Morgan fingerprint density at radius 2 is 1.83 bits per heavy atom. The Hall–Kier alpha value is -0.810. The van der Waals surface area contributed by atoms with Crippen molar-refractivity contribution in [2.75, 3.05) is 59.0 Å². The first kappa shape index (κ1) is 16.6. The molecule has 1 N–H and O–H groups in total. The van der Waals surface area contributed by atoms with Gasteiger partial charge in [-0.25, -0.2) is 0 Å². The van der Waals surface area contributed by atoms with Crippen molar-refractivity contribution in [3.8, 4) is 5.75 Å². The number of halogens is 1. The van der Waals surface area contributed by atoms with Crippen LogP contribution in [0.4, 0.5) is 0 Å². The van der Waals surface area contributed by atoms with Crippen LogP contribution < -0.4 is 10.1 Å². The average Bonchev–Trinajstić information content (AvgIpc) is 3.00. The molecule has 2 aliphatic heterocycles. The summed E-state index contributed by atoms with van der Waals surface area (Å²) >= 11 is 5.99. The van der Waals surface area contributed by atoms with Gasteiger partial charge in [0.05, 0.1) is 0 Å². The zero-order valence-electron chi connectivity index (χ0n) is 14.5. The normalized spacial score (nSPS) is 30.3. The summed E-state index contributed by atoms with van der Waals surface area (Å²) in [6.45, 7) is 12.4. The molecule has 1 unspecified atom stereocenters. The summed E-state index contributed by atoms with van der Waals surface area (Å²) in [5.74, 6) is 3.90. The second-order valence-corrected chi connectivity index (χ2v) is 7.99. The molecule has 3 atom stereocenters. The third-order valence-corrected chi connectivity index (χ3v) is 6.24. The number of fused-ring (bicyclic) bond motifs is 1. The lowest BCUT2D eigenvalue weighted by molar-refractivity contribution is 0.111. The lowest BCUT2D eigenvalue weighted by Crippen LogP contribution is -2.48. The first-order valence-corrected chi connectivity index (χ1v) is 9.63. The van der Waals surface area contributed by atoms with Crippen molar-refractivity contribution in [3.63, 3.8) is 0 Å². The van der Waals surface area contributed by atoms with Gasteiger partial charge < -0.3 is 15.0 Å². The van der Waals surface area contributed by atoms with Gasteiger partial charge in [-0.2, -0.15) is 0 Å². The molecule has 2 saturated heterocycles. The number of piperidine rings is 1. The molecule has 1 aliphatic carbocycles. The van der Waals surface area contributed by atoms with Gasteiger partial charge in [0.15, 0.2) is 0 Å². The molecule has 0 spiro atoms. The number of nitrogens with zero attached hydrogens (tertiary/aromatic N) is 2. The number of piperazine rings is 1. The second kappa shape index (κ2) is 7.20. The summed E-state index contributed by atoms with van der Waals surface area (Å²) in [6, 6.07) is 5.82. The molecule has 0 amide bonds. The number of hydrogen-bond acceptors (Lipinski definition) is 4. The number of ether oxygens (including phenoxy) is 1. The van der Waals surface area contributed by atoms with Crippen molar-refractivity contribution in [2.45, 2.75) is 6.92 Å². The molecular weight excluding hydrogens is 322 g/mol. The van der Waals surface area contributed by atoms with Crippen molar-refractivity contribution in [2.24, 2.45) is 17.8 Å². The highest BCUT2D eigenvalue weighted by molar-refractivity contribution is 6.30. The molecule has 0 aromatic heterocycles. The van der Waals surface area contributed by atoms with E-state index in [0.717, 1.165) is 47.2 Å². The van der Waals surface area contributed by atoms with Gasteiger partial charge >= 0.3 is 0 Å². The smallest absolute Gasteiger partial charge is 0.122 e. The van der Waals surface area contributed by atoms with Gasteiger partial charge in [0.25, 0.3) is 0 Å². The molecule has 1 aromatic rings. The van der Waals surface area contributed by atoms with E-state index >= 15 is 0 Å². The minimum absolute atomic E-state index is 0.751. The van der Waals surface area contributed by atoms with Gasteiger partial charge in [0.2, 0.25) is 0 Å². The van der Waals surface area contributed by atoms with Gasteiger partial charge in [-0.05, 0) is 61.5 Å². The molecular formula is C19H28ClN3O. The predicted molar refractivity (Wildman–Crippen MR) is 97.9 cm³/mol. The summed E-state index contributed by atoms with van der Waals surface area (Å²) in [6.07, 6.45) is 0. The van der Waals surface area contributed by atoms with Crippen LogP contribution in [-0.2, 0) is 0 Å². The molecule has 132 valence electrons. The molecule has 4 nitrogen and oxygen atoms in total. The van der Waals surface area contributed by atoms with E-state index in [9.17, 15) is 0 Å². The molecule has 0 radical (unpaired) electrons. The first-order valence-electron chi connectivity index (χ1n) is 9.25. The van der Waals surface area contributed by atoms with E-state index < -0.39 is 0 Å². The van der Waals surface area contributed by atoms with Gasteiger partial charge in [-0.15, -0.1) is 0 Å². The largest absolute Gasteiger partial charge is 0.492 e. The maximum absolute atomic E-state index is 5.99. The van der Waals surface area contributed by atoms with Gasteiger partial charge in [-0.3, -0.25) is 4.90 Å². The molecule has 3 fully saturated rings. The van der Waals surface area contributed by atoms with Crippen LogP contribution in [0.2, 0.25) is 5.02 Å². The fourth-order valence-electron chi connectivity index (χ4n) is 4.37. The van der Waals surface area contributed by atoms with Gasteiger partial charge in [0.1, 0.15) is 12.4 Å². The minimum atomic E-state index is 0.751. The second-order valence-electron chi connectivity index (χ2n) is 7.55. The summed E-state index contributed by atoms with van der Waals surface area (Å²) in [5, 5.41) is 4.26. The molecule has 0 bridgehead atoms. The van der Waals surface area contributed by atoms with E-state index in [1.165, 1.54) is 45.8 Å². The maximum atomic E-state index is 5.99.